The topological polar surface area (TPSA) is 85.8 Å². The van der Waals surface area contributed by atoms with E-state index >= 15 is 0 Å². The molecule has 1 aliphatic rings. The number of hydrogen-bond acceptors (Lipinski definition) is 7. The second kappa shape index (κ2) is 11.1. The van der Waals surface area contributed by atoms with Crippen LogP contribution in [0.15, 0.2) is 70.2 Å². The van der Waals surface area contributed by atoms with Gasteiger partial charge in [-0.3, -0.25) is 24.3 Å². The monoisotopic (exact) mass is 572 g/mol. The molecule has 7 nitrogen and oxygen atoms in total. The van der Waals surface area contributed by atoms with Crippen molar-refractivity contribution in [2.45, 2.75) is 6.61 Å². The fourth-order valence-corrected chi connectivity index (χ4v) is 4.79. The Labute approximate surface area is 219 Å². The van der Waals surface area contributed by atoms with Gasteiger partial charge in [-0.15, -0.1) is 0 Å². The van der Waals surface area contributed by atoms with Gasteiger partial charge in [-0.05, 0) is 87.9 Å². The number of rotatable bonds is 8. The molecule has 2 heterocycles. The molecule has 2 amide bonds. The van der Waals surface area contributed by atoms with Crippen LogP contribution in [0.4, 0.5) is 4.79 Å². The Morgan fingerprint density at radius 3 is 2.63 bits per heavy atom. The molecular weight excluding hydrogens is 556 g/mol. The Balaban J connectivity index is 1.51. The van der Waals surface area contributed by atoms with E-state index in [1.54, 1.807) is 48.7 Å². The smallest absolute Gasteiger partial charge is 0.293 e. The van der Waals surface area contributed by atoms with Gasteiger partial charge in [0.25, 0.3) is 11.1 Å². The predicted molar refractivity (Wildman–Crippen MR) is 138 cm³/mol. The number of amides is 2. The molecule has 1 fully saturated rings. The molecule has 0 bridgehead atoms. The maximum atomic E-state index is 12.9. The van der Waals surface area contributed by atoms with Crippen LogP contribution >= 0.6 is 39.3 Å². The Morgan fingerprint density at radius 2 is 1.94 bits per heavy atom. The summed E-state index contributed by atoms with van der Waals surface area (Å²) in [6.07, 6.45) is 3.26. The van der Waals surface area contributed by atoms with E-state index in [9.17, 15) is 14.4 Å². The summed E-state index contributed by atoms with van der Waals surface area (Å²) >= 11 is 10.1. The third kappa shape index (κ3) is 5.93. The summed E-state index contributed by atoms with van der Waals surface area (Å²) in [6, 6.07) is 15.3. The number of aromatic nitrogens is 1. The van der Waals surface area contributed by atoms with Crippen molar-refractivity contribution in [1.82, 2.24) is 9.88 Å². The van der Waals surface area contributed by atoms with Crippen molar-refractivity contribution < 1.29 is 23.9 Å². The van der Waals surface area contributed by atoms with E-state index in [2.05, 4.69) is 20.9 Å². The molecule has 0 unspecified atom stereocenters. The number of pyridine rings is 1. The first-order chi connectivity index (χ1) is 16.9. The van der Waals surface area contributed by atoms with Crippen molar-refractivity contribution >= 4 is 62.3 Å². The fourth-order valence-electron chi connectivity index (χ4n) is 3.25. The Hall–Kier alpha value is -3.14. The molecule has 0 atom stereocenters. The number of benzene rings is 2. The zero-order valence-electron chi connectivity index (χ0n) is 18.4. The van der Waals surface area contributed by atoms with Crippen molar-refractivity contribution in [1.29, 1.82) is 0 Å². The first-order valence-corrected chi connectivity index (χ1v) is 12.3. The van der Waals surface area contributed by atoms with Gasteiger partial charge in [0.05, 0.1) is 28.7 Å². The molecule has 0 radical (unpaired) electrons. The maximum Gasteiger partial charge on any atom is 0.293 e. The summed E-state index contributed by atoms with van der Waals surface area (Å²) in [5, 5.41) is -0.0182. The van der Waals surface area contributed by atoms with E-state index < -0.39 is 11.1 Å². The number of imide groups is 1. The van der Waals surface area contributed by atoms with Gasteiger partial charge in [-0.2, -0.15) is 0 Å². The normalized spacial score (nSPS) is 14.5. The number of nitrogens with zero attached hydrogens (tertiary/aromatic N) is 2. The summed E-state index contributed by atoms with van der Waals surface area (Å²) in [4.78, 5) is 43.3. The summed E-state index contributed by atoms with van der Waals surface area (Å²) < 4.78 is 12.0. The molecule has 1 aromatic heterocycles. The van der Waals surface area contributed by atoms with Crippen LogP contribution in [0.2, 0.25) is 5.02 Å². The molecule has 1 aliphatic heterocycles. The fraction of sp³-hybridized carbons (Fsp3) is 0.120. The number of methoxy groups -OCH3 is 1. The van der Waals surface area contributed by atoms with Crippen molar-refractivity contribution in [3.05, 3.63) is 92.0 Å². The Bertz CT molecular complexity index is 1320. The minimum absolute atomic E-state index is 0.204. The van der Waals surface area contributed by atoms with E-state index in [-0.39, 0.29) is 23.8 Å². The second-order valence-corrected chi connectivity index (χ2v) is 9.63. The highest BCUT2D eigenvalue weighted by Crippen LogP contribution is 2.39. The number of Topliss-reactive ketones (excluding diaryl/α,β-unsaturated/α-hetero) is 1. The third-order valence-corrected chi connectivity index (χ3v) is 6.73. The van der Waals surface area contributed by atoms with Crippen LogP contribution in [0, 0.1) is 0 Å². The van der Waals surface area contributed by atoms with Crippen LogP contribution in [0.25, 0.3) is 6.08 Å². The third-order valence-electron chi connectivity index (χ3n) is 4.98. The largest absolute Gasteiger partial charge is 0.493 e. The van der Waals surface area contributed by atoms with Crippen molar-refractivity contribution in [3.8, 4) is 11.5 Å². The summed E-state index contributed by atoms with van der Waals surface area (Å²) in [7, 11) is 1.51. The van der Waals surface area contributed by atoms with Crippen LogP contribution in [-0.2, 0) is 11.4 Å². The molecule has 10 heteroatoms. The number of thioether (sulfide) groups is 1. The molecule has 2 aromatic carbocycles. The van der Waals surface area contributed by atoms with E-state index in [1.165, 1.54) is 7.11 Å². The highest BCUT2D eigenvalue weighted by molar-refractivity contribution is 9.10. The average molecular weight is 574 g/mol. The lowest BCUT2D eigenvalue weighted by Gasteiger charge is -2.13. The van der Waals surface area contributed by atoms with Gasteiger partial charge in [0.2, 0.25) is 0 Å². The van der Waals surface area contributed by atoms with Crippen molar-refractivity contribution in [3.63, 3.8) is 0 Å². The van der Waals surface area contributed by atoms with Crippen LogP contribution < -0.4 is 9.47 Å². The van der Waals surface area contributed by atoms with E-state index in [0.29, 0.717) is 32.1 Å². The molecule has 0 aliphatic carbocycles. The van der Waals surface area contributed by atoms with Crippen LogP contribution in [0.3, 0.4) is 0 Å². The Morgan fingerprint density at radius 1 is 1.17 bits per heavy atom. The lowest BCUT2D eigenvalue weighted by atomic mass is 10.1. The van der Waals surface area contributed by atoms with Crippen molar-refractivity contribution in [2.75, 3.05) is 13.7 Å². The molecule has 178 valence electrons. The van der Waals surface area contributed by atoms with Gasteiger partial charge in [-0.1, -0.05) is 17.7 Å². The Kier molecular flexibility index (Phi) is 7.90. The number of ketones is 1. The van der Waals surface area contributed by atoms with Gasteiger partial charge in [0.1, 0.15) is 6.61 Å². The van der Waals surface area contributed by atoms with Gasteiger partial charge in [0.15, 0.2) is 17.3 Å². The van der Waals surface area contributed by atoms with E-state index in [1.807, 2.05) is 18.2 Å². The van der Waals surface area contributed by atoms with E-state index in [0.717, 1.165) is 22.4 Å². The van der Waals surface area contributed by atoms with Gasteiger partial charge in [-0.25, -0.2) is 0 Å². The van der Waals surface area contributed by atoms with Gasteiger partial charge < -0.3 is 9.47 Å². The van der Waals surface area contributed by atoms with Gasteiger partial charge in [0, 0.05) is 16.8 Å². The minimum Gasteiger partial charge on any atom is -0.493 e. The standard InChI is InChI=1S/C25H18BrClN2O5S/c1-33-21-11-15(10-19(26)23(21)34-14-18-4-2-3-9-28-18)12-22-24(31)29(25(32)35-22)13-20(30)16-5-7-17(27)8-6-16/h2-12H,13-14H2,1H3/b22-12+. The SMILES string of the molecule is COc1cc(/C=C2/SC(=O)N(CC(=O)c3ccc(Cl)cc3)C2=O)cc(Br)c1OCc1ccccn1. The quantitative estimate of drug-likeness (QED) is 0.241. The number of ether oxygens (including phenoxy) is 2. The maximum absolute atomic E-state index is 12.9. The molecule has 0 spiro atoms. The highest BCUT2D eigenvalue weighted by Gasteiger charge is 2.36. The molecule has 0 saturated carbocycles. The van der Waals surface area contributed by atoms with Crippen LogP contribution in [0.1, 0.15) is 21.6 Å². The second-order valence-electron chi connectivity index (χ2n) is 7.34. The van der Waals surface area contributed by atoms with Crippen LogP contribution in [-0.4, -0.2) is 40.5 Å². The molecule has 35 heavy (non-hydrogen) atoms. The number of hydrogen-bond donors (Lipinski definition) is 0. The lowest BCUT2D eigenvalue weighted by molar-refractivity contribution is -0.122. The summed E-state index contributed by atoms with van der Waals surface area (Å²) in [6.45, 7) is -0.105. The first kappa shape index (κ1) is 25.0. The highest BCUT2D eigenvalue weighted by atomic mass is 79.9. The molecule has 3 aromatic rings. The first-order valence-electron chi connectivity index (χ1n) is 10.3. The molecule has 0 N–H and O–H groups in total. The zero-order valence-corrected chi connectivity index (χ0v) is 21.5. The van der Waals surface area contributed by atoms with Gasteiger partial charge >= 0.3 is 0 Å². The lowest BCUT2D eigenvalue weighted by Crippen LogP contribution is -2.33. The van der Waals surface area contributed by atoms with E-state index in [4.69, 9.17) is 21.1 Å². The molecular formula is C25H18BrClN2O5S. The van der Waals surface area contributed by atoms with Crippen LogP contribution in [0.5, 0.6) is 11.5 Å². The molecule has 4 rings (SSSR count). The summed E-state index contributed by atoms with van der Waals surface area (Å²) in [5.41, 5.74) is 1.74. The average Bonchev–Trinajstić information content (AvgIpc) is 3.11. The zero-order chi connectivity index (χ0) is 24.9. The predicted octanol–water partition coefficient (Wildman–Crippen LogP) is 6.00. The summed E-state index contributed by atoms with van der Waals surface area (Å²) in [5.74, 6) is 0.0348. The number of carbonyl (C=O) groups excluding carboxylic acids is 3. The number of carbonyl (C=O) groups is 3. The van der Waals surface area contributed by atoms with Crippen molar-refractivity contribution in [2.24, 2.45) is 0 Å². The molecule has 1 saturated heterocycles. The number of halogens is 2. The minimum atomic E-state index is -0.534.